The van der Waals surface area contributed by atoms with E-state index in [1.165, 1.54) is 5.56 Å². The second-order valence-corrected chi connectivity index (χ2v) is 6.46. The van der Waals surface area contributed by atoms with E-state index >= 15 is 0 Å². The van der Waals surface area contributed by atoms with E-state index in [9.17, 15) is 0 Å². The summed E-state index contributed by atoms with van der Waals surface area (Å²) in [5.74, 6) is 0. The average Bonchev–Trinajstić information content (AvgIpc) is 2.58. The Balaban J connectivity index is 2.18. The third-order valence-corrected chi connectivity index (χ3v) is 5.08. The molecule has 4 heteroatoms. The first-order chi connectivity index (χ1) is 11.1. The van der Waals surface area contributed by atoms with E-state index in [1.54, 1.807) is 6.08 Å². The summed E-state index contributed by atoms with van der Waals surface area (Å²) in [4.78, 5) is 4.62. The minimum Gasteiger partial charge on any atom is -0.352 e. The topological polar surface area (TPSA) is 24.9 Å². The van der Waals surface area contributed by atoms with Crippen LogP contribution < -0.4 is 5.32 Å². The molecule has 0 saturated carbocycles. The Morgan fingerprint density at radius 3 is 2.87 bits per heavy atom. The number of hydrogen-bond acceptors (Lipinski definition) is 2. The fourth-order valence-corrected chi connectivity index (χ4v) is 3.08. The van der Waals surface area contributed by atoms with Gasteiger partial charge in [-0.25, -0.2) is 0 Å². The van der Waals surface area contributed by atoms with Gasteiger partial charge in [-0.1, -0.05) is 49.4 Å². The fraction of sp³-hybridized carbons (Fsp3) is 0.105. The van der Waals surface area contributed by atoms with Crippen LogP contribution in [0.2, 0.25) is 5.02 Å². The van der Waals surface area contributed by atoms with Crippen LogP contribution in [0.5, 0.6) is 0 Å². The van der Waals surface area contributed by atoms with Crippen molar-refractivity contribution in [2.75, 3.05) is 5.32 Å². The molecular weight excluding hydrogens is 372 g/mol. The van der Waals surface area contributed by atoms with Gasteiger partial charge in [-0.05, 0) is 51.7 Å². The predicted molar refractivity (Wildman–Crippen MR) is 104 cm³/mol. The lowest BCUT2D eigenvalue weighted by Crippen LogP contribution is -1.99. The quantitative estimate of drug-likeness (QED) is 0.545. The van der Waals surface area contributed by atoms with Crippen molar-refractivity contribution in [3.63, 3.8) is 0 Å². The minimum atomic E-state index is 0.661. The van der Waals surface area contributed by atoms with E-state index < -0.39 is 0 Å². The lowest BCUT2D eigenvalue weighted by atomic mass is 10.0. The zero-order chi connectivity index (χ0) is 16.4. The van der Waals surface area contributed by atoms with Crippen LogP contribution in [0.15, 0.2) is 53.6 Å². The second kappa shape index (κ2) is 6.73. The summed E-state index contributed by atoms with van der Waals surface area (Å²) >= 11 is 9.86. The highest BCUT2D eigenvalue weighted by atomic mass is 79.9. The SMILES string of the molecule is C=Cc1cnc2c(Nc3cccc(Br)c3Cl)c(CC)ccc2c1. The monoisotopic (exact) mass is 386 g/mol. The van der Waals surface area contributed by atoms with Gasteiger partial charge in [0, 0.05) is 16.1 Å². The molecule has 0 amide bonds. The van der Waals surface area contributed by atoms with Crippen LogP contribution >= 0.6 is 27.5 Å². The standard InChI is InChI=1S/C19H16BrClN2/c1-3-12-10-14-9-8-13(4-2)19(18(14)22-11-12)23-16-7-5-6-15(20)17(16)21/h3,5-11,23H,1,4H2,2H3. The lowest BCUT2D eigenvalue weighted by molar-refractivity contribution is 1.14. The van der Waals surface area contributed by atoms with E-state index in [0.717, 1.165) is 38.7 Å². The van der Waals surface area contributed by atoms with Crippen LogP contribution in [0.3, 0.4) is 0 Å². The Bertz CT molecular complexity index is 890. The summed E-state index contributed by atoms with van der Waals surface area (Å²) in [6.07, 6.45) is 4.55. The molecular formula is C19H16BrClN2. The van der Waals surface area contributed by atoms with Crippen LogP contribution in [0, 0.1) is 0 Å². The summed E-state index contributed by atoms with van der Waals surface area (Å²) in [5, 5.41) is 5.20. The number of fused-ring (bicyclic) bond motifs is 1. The minimum absolute atomic E-state index is 0.661. The van der Waals surface area contributed by atoms with Crippen LogP contribution in [-0.4, -0.2) is 4.98 Å². The van der Waals surface area contributed by atoms with Gasteiger partial charge in [0.15, 0.2) is 0 Å². The van der Waals surface area contributed by atoms with Gasteiger partial charge in [0.05, 0.1) is 21.9 Å². The van der Waals surface area contributed by atoms with Gasteiger partial charge in [0.2, 0.25) is 0 Å². The van der Waals surface area contributed by atoms with E-state index in [-0.39, 0.29) is 0 Å². The van der Waals surface area contributed by atoms with Crippen LogP contribution in [0.4, 0.5) is 11.4 Å². The van der Waals surface area contributed by atoms with Crippen LogP contribution in [0.25, 0.3) is 17.0 Å². The maximum absolute atomic E-state index is 6.39. The molecule has 0 spiro atoms. The molecule has 0 fully saturated rings. The molecule has 1 heterocycles. The Morgan fingerprint density at radius 2 is 2.13 bits per heavy atom. The molecule has 3 aromatic rings. The molecule has 0 bridgehead atoms. The Morgan fingerprint density at radius 1 is 1.30 bits per heavy atom. The second-order valence-electron chi connectivity index (χ2n) is 5.22. The molecule has 23 heavy (non-hydrogen) atoms. The van der Waals surface area contributed by atoms with Crippen molar-refractivity contribution in [1.82, 2.24) is 4.98 Å². The van der Waals surface area contributed by atoms with Crippen molar-refractivity contribution in [2.45, 2.75) is 13.3 Å². The molecule has 0 aliphatic rings. The summed E-state index contributed by atoms with van der Waals surface area (Å²) in [6.45, 7) is 5.94. The smallest absolute Gasteiger partial charge is 0.0939 e. The van der Waals surface area contributed by atoms with Crippen molar-refractivity contribution in [1.29, 1.82) is 0 Å². The van der Waals surface area contributed by atoms with E-state index in [1.807, 2.05) is 24.4 Å². The number of benzene rings is 2. The number of aryl methyl sites for hydroxylation is 1. The Hall–Kier alpha value is -1.84. The lowest BCUT2D eigenvalue weighted by Gasteiger charge is -2.15. The summed E-state index contributed by atoms with van der Waals surface area (Å²) in [6, 6.07) is 12.2. The maximum Gasteiger partial charge on any atom is 0.0939 e. The van der Waals surface area contributed by atoms with Gasteiger partial charge in [-0.15, -0.1) is 0 Å². The molecule has 2 aromatic carbocycles. The number of aromatic nitrogens is 1. The van der Waals surface area contributed by atoms with E-state index in [4.69, 9.17) is 11.6 Å². The molecule has 0 radical (unpaired) electrons. The third kappa shape index (κ3) is 3.12. The number of rotatable bonds is 4. The molecule has 1 N–H and O–H groups in total. The molecule has 0 aliphatic heterocycles. The maximum atomic E-state index is 6.39. The summed E-state index contributed by atoms with van der Waals surface area (Å²) in [5.41, 5.74) is 5.00. The van der Waals surface area contributed by atoms with E-state index in [0.29, 0.717) is 5.02 Å². The van der Waals surface area contributed by atoms with Gasteiger partial charge in [-0.2, -0.15) is 0 Å². The molecule has 3 rings (SSSR count). The van der Waals surface area contributed by atoms with Gasteiger partial charge in [-0.3, -0.25) is 4.98 Å². The highest BCUT2D eigenvalue weighted by Gasteiger charge is 2.11. The molecule has 2 nitrogen and oxygen atoms in total. The average molecular weight is 388 g/mol. The molecule has 0 atom stereocenters. The molecule has 0 aliphatic carbocycles. The third-order valence-electron chi connectivity index (χ3n) is 3.79. The van der Waals surface area contributed by atoms with Crippen molar-refractivity contribution in [2.24, 2.45) is 0 Å². The summed E-state index contributed by atoms with van der Waals surface area (Å²) in [7, 11) is 0. The number of hydrogen-bond donors (Lipinski definition) is 1. The van der Waals surface area contributed by atoms with Gasteiger partial charge in [0.1, 0.15) is 0 Å². The predicted octanol–water partition coefficient (Wildman–Crippen LogP) is 6.60. The van der Waals surface area contributed by atoms with E-state index in [2.05, 4.69) is 57.9 Å². The molecule has 0 unspecified atom stereocenters. The van der Waals surface area contributed by atoms with Crippen LogP contribution in [0.1, 0.15) is 18.1 Å². The number of nitrogens with one attached hydrogen (secondary N) is 1. The van der Waals surface area contributed by atoms with Crippen molar-refractivity contribution < 1.29 is 0 Å². The molecule has 0 saturated heterocycles. The highest BCUT2D eigenvalue weighted by molar-refractivity contribution is 9.10. The number of anilines is 2. The Labute approximate surface area is 149 Å². The van der Waals surface area contributed by atoms with Crippen molar-refractivity contribution >= 4 is 55.9 Å². The zero-order valence-electron chi connectivity index (χ0n) is 12.7. The highest BCUT2D eigenvalue weighted by Crippen LogP contribution is 2.35. The fourth-order valence-electron chi connectivity index (χ4n) is 2.54. The van der Waals surface area contributed by atoms with Gasteiger partial charge >= 0.3 is 0 Å². The molecule has 116 valence electrons. The van der Waals surface area contributed by atoms with Crippen molar-refractivity contribution in [3.05, 3.63) is 69.8 Å². The first kappa shape index (κ1) is 16.0. The summed E-state index contributed by atoms with van der Waals surface area (Å²) < 4.78 is 0.865. The number of nitrogens with zero attached hydrogens (tertiary/aromatic N) is 1. The number of pyridine rings is 1. The first-order valence-electron chi connectivity index (χ1n) is 7.39. The van der Waals surface area contributed by atoms with Crippen LogP contribution in [-0.2, 0) is 6.42 Å². The van der Waals surface area contributed by atoms with Gasteiger partial charge in [0.25, 0.3) is 0 Å². The molecule has 1 aromatic heterocycles. The first-order valence-corrected chi connectivity index (χ1v) is 8.56. The largest absolute Gasteiger partial charge is 0.352 e. The zero-order valence-corrected chi connectivity index (χ0v) is 15.1. The number of halogens is 2. The van der Waals surface area contributed by atoms with Gasteiger partial charge < -0.3 is 5.32 Å². The Kier molecular flexibility index (Phi) is 4.69. The normalized spacial score (nSPS) is 10.7. The van der Waals surface area contributed by atoms with Crippen molar-refractivity contribution in [3.8, 4) is 0 Å².